The highest BCUT2D eigenvalue weighted by molar-refractivity contribution is 7.99. The van der Waals surface area contributed by atoms with Gasteiger partial charge in [0.15, 0.2) is 0 Å². The average Bonchev–Trinajstić information content (AvgIpc) is 3.20. The number of rotatable bonds is 16. The third-order valence-electron chi connectivity index (χ3n) is 10.0. The second-order valence-electron chi connectivity index (χ2n) is 14.5. The maximum Gasteiger partial charge on any atom is 0.401 e. The Morgan fingerprint density at radius 1 is 0.879 bits per heavy atom. The first kappa shape index (κ1) is 43.1. The number of aryl methyl sites for hydroxylation is 1. The van der Waals surface area contributed by atoms with Crippen LogP contribution >= 0.6 is 23.4 Å². The van der Waals surface area contributed by atoms with Gasteiger partial charge in [0.05, 0.1) is 11.4 Å². The highest BCUT2D eigenvalue weighted by Crippen LogP contribution is 2.28. The zero-order valence-corrected chi connectivity index (χ0v) is 34.8. The molecular formula is C44H47ClF3N5O3S2. The van der Waals surface area contributed by atoms with Crippen LogP contribution in [0.15, 0.2) is 131 Å². The van der Waals surface area contributed by atoms with Gasteiger partial charge in [-0.25, -0.2) is 13.1 Å². The topological polar surface area (TPSA) is 85.0 Å². The monoisotopic (exact) mass is 849 g/mol. The van der Waals surface area contributed by atoms with Gasteiger partial charge in [-0.3, -0.25) is 14.6 Å². The quantitative estimate of drug-likeness (QED) is 0.0952. The number of hydrogen-bond acceptors (Lipinski definition) is 8. The molecule has 1 amide bonds. The molecule has 5 aromatic rings. The maximum absolute atomic E-state index is 13.4. The number of halogens is 4. The number of hydrogen-bond donors (Lipinski definition) is 2. The van der Waals surface area contributed by atoms with Crippen LogP contribution in [0.3, 0.4) is 0 Å². The molecule has 6 rings (SSSR count). The van der Waals surface area contributed by atoms with Crippen molar-refractivity contribution >= 4 is 50.7 Å². The van der Waals surface area contributed by atoms with Gasteiger partial charge in [0.1, 0.15) is 0 Å². The van der Waals surface area contributed by atoms with E-state index in [2.05, 4.69) is 38.0 Å². The molecule has 1 saturated heterocycles. The van der Waals surface area contributed by atoms with Crippen molar-refractivity contribution in [3.8, 4) is 11.1 Å². The summed E-state index contributed by atoms with van der Waals surface area (Å²) < 4.78 is 67.9. The Balaban J connectivity index is 1.03. The van der Waals surface area contributed by atoms with Gasteiger partial charge in [0.2, 0.25) is 0 Å². The van der Waals surface area contributed by atoms with Crippen molar-refractivity contribution in [2.24, 2.45) is 0 Å². The number of carbonyl (C=O) groups is 1. The molecule has 1 fully saturated rings. The predicted octanol–water partition coefficient (Wildman–Crippen LogP) is 9.21. The fourth-order valence-corrected chi connectivity index (χ4v) is 9.07. The van der Waals surface area contributed by atoms with E-state index in [1.807, 2.05) is 72.8 Å². The molecule has 1 atom stereocenters. The highest BCUT2D eigenvalue weighted by Gasteiger charge is 2.29. The van der Waals surface area contributed by atoms with Gasteiger partial charge >= 0.3 is 6.18 Å². The van der Waals surface area contributed by atoms with Crippen LogP contribution in [0.2, 0.25) is 5.02 Å². The summed E-state index contributed by atoms with van der Waals surface area (Å²) in [4.78, 5) is 20.1. The Kier molecular flexibility index (Phi) is 14.5. The third-order valence-corrected chi connectivity index (χ3v) is 12.8. The number of thioether (sulfide) groups is 1. The molecule has 1 aliphatic rings. The van der Waals surface area contributed by atoms with Gasteiger partial charge in [-0.1, -0.05) is 66.2 Å². The Hall–Kier alpha value is -4.53. The SMILES string of the molecule is Cc1cc(S(=O)(=O)NC(=O)c2ccc(N3CCN(Cc4ccccc4-c4ccc(Cl)cc4)CC3)cc2)ccc1N[C@H](CCN(C)CC(F)(F)F)CSc1ccccc1. The molecule has 0 aromatic heterocycles. The molecule has 0 aliphatic carbocycles. The fraction of sp³-hybridized carbons (Fsp3) is 0.295. The first-order valence-corrected chi connectivity index (χ1v) is 21.9. The number of nitrogens with zero attached hydrogens (tertiary/aromatic N) is 3. The molecule has 8 nitrogen and oxygen atoms in total. The summed E-state index contributed by atoms with van der Waals surface area (Å²) in [6.07, 6.45) is -3.86. The minimum atomic E-state index is -4.29. The van der Waals surface area contributed by atoms with Crippen molar-refractivity contribution in [3.63, 3.8) is 0 Å². The minimum absolute atomic E-state index is 0.0747. The standard InChI is InChI=1S/C44H47ClF3N5O3S2/c1-32-28-40(20-21-42(32)49-37(22-23-51(2)31-44(46,47)48)30-57-39-9-4-3-5-10-39)58(55,56)50-43(54)34-14-18-38(19-15-34)53-26-24-52(25-27-53)29-35-8-6-7-11-41(35)33-12-16-36(45)17-13-33/h3-21,28,37,49H,22-27,29-31H2,1-2H3,(H,50,54)/t37-/m1/s1. The second kappa shape index (κ2) is 19.5. The fourth-order valence-electron chi connectivity index (χ4n) is 6.90. The number of alkyl halides is 3. The van der Waals surface area contributed by atoms with E-state index in [0.717, 1.165) is 48.9 Å². The molecule has 14 heteroatoms. The Labute approximate surface area is 348 Å². The predicted molar refractivity (Wildman–Crippen MR) is 229 cm³/mol. The largest absolute Gasteiger partial charge is 0.401 e. The lowest BCUT2D eigenvalue weighted by Crippen LogP contribution is -2.46. The van der Waals surface area contributed by atoms with Crippen molar-refractivity contribution in [1.29, 1.82) is 0 Å². The zero-order valence-electron chi connectivity index (χ0n) is 32.4. The molecule has 1 heterocycles. The van der Waals surface area contributed by atoms with Crippen LogP contribution < -0.4 is 14.9 Å². The number of amides is 1. The third kappa shape index (κ3) is 12.2. The molecule has 0 unspecified atom stereocenters. The van der Waals surface area contributed by atoms with Crippen molar-refractivity contribution in [2.45, 2.75) is 41.9 Å². The second-order valence-corrected chi connectivity index (χ2v) is 17.7. The van der Waals surface area contributed by atoms with Crippen LogP contribution in [0.4, 0.5) is 24.5 Å². The number of sulfonamides is 1. The molecule has 0 saturated carbocycles. The summed E-state index contributed by atoms with van der Waals surface area (Å²) in [5, 5.41) is 4.12. The molecule has 2 N–H and O–H groups in total. The van der Waals surface area contributed by atoms with Crippen molar-refractivity contribution in [3.05, 3.63) is 143 Å². The lowest BCUT2D eigenvalue weighted by Gasteiger charge is -2.36. The van der Waals surface area contributed by atoms with E-state index < -0.39 is 28.7 Å². The number of nitrogens with one attached hydrogen (secondary N) is 2. The van der Waals surface area contributed by atoms with Crippen molar-refractivity contribution < 1.29 is 26.4 Å². The molecule has 5 aromatic carbocycles. The summed E-state index contributed by atoms with van der Waals surface area (Å²) in [5.41, 5.74) is 6.00. The van der Waals surface area contributed by atoms with E-state index in [9.17, 15) is 26.4 Å². The van der Waals surface area contributed by atoms with Crippen LogP contribution in [0.5, 0.6) is 0 Å². The summed E-state index contributed by atoms with van der Waals surface area (Å²) in [5.74, 6) is -0.161. The zero-order chi connectivity index (χ0) is 41.3. The van der Waals surface area contributed by atoms with Gasteiger partial charge in [0.25, 0.3) is 15.9 Å². The van der Waals surface area contributed by atoms with Crippen LogP contribution in [0.1, 0.15) is 27.9 Å². The van der Waals surface area contributed by atoms with E-state index in [1.165, 1.54) is 35.2 Å². The van der Waals surface area contributed by atoms with Crippen molar-refractivity contribution in [2.75, 3.05) is 62.3 Å². The molecular weight excluding hydrogens is 803 g/mol. The normalized spacial score (nSPS) is 14.4. The lowest BCUT2D eigenvalue weighted by atomic mass is 9.99. The summed E-state index contributed by atoms with van der Waals surface area (Å²) in [7, 11) is -2.77. The van der Waals surface area contributed by atoms with Crippen molar-refractivity contribution in [1.82, 2.24) is 14.5 Å². The Morgan fingerprint density at radius 3 is 2.22 bits per heavy atom. The summed E-state index contributed by atoms with van der Waals surface area (Å²) >= 11 is 7.70. The first-order valence-electron chi connectivity index (χ1n) is 19.0. The Morgan fingerprint density at radius 2 is 1.55 bits per heavy atom. The molecule has 1 aliphatic heterocycles. The molecule has 0 radical (unpaired) electrons. The number of carbonyl (C=O) groups excluding carboxylic acids is 1. The van der Waals surface area contributed by atoms with E-state index >= 15 is 0 Å². The van der Waals surface area contributed by atoms with E-state index in [4.69, 9.17) is 11.6 Å². The van der Waals surface area contributed by atoms with E-state index in [-0.39, 0.29) is 23.0 Å². The lowest BCUT2D eigenvalue weighted by molar-refractivity contribution is -0.143. The smallest absolute Gasteiger partial charge is 0.381 e. The maximum atomic E-state index is 13.4. The number of anilines is 2. The minimum Gasteiger partial charge on any atom is -0.381 e. The average molecular weight is 850 g/mol. The molecule has 0 bridgehead atoms. The molecule has 58 heavy (non-hydrogen) atoms. The summed E-state index contributed by atoms with van der Waals surface area (Å²) in [6.45, 7) is 5.09. The van der Waals surface area contributed by atoms with Gasteiger partial charge in [0, 0.05) is 77.9 Å². The summed E-state index contributed by atoms with van der Waals surface area (Å²) in [6, 6.07) is 37.3. The van der Waals surface area contributed by atoms with Gasteiger partial charge in [-0.15, -0.1) is 11.8 Å². The number of benzene rings is 5. The van der Waals surface area contributed by atoms with Crippen LogP contribution in [0, 0.1) is 6.92 Å². The number of piperazine rings is 1. The Bertz CT molecular complexity index is 2240. The molecule has 0 spiro atoms. The van der Waals surface area contributed by atoms with E-state index in [1.54, 1.807) is 36.9 Å². The van der Waals surface area contributed by atoms with Crippen LogP contribution in [-0.4, -0.2) is 88.4 Å². The van der Waals surface area contributed by atoms with Crippen LogP contribution in [0.25, 0.3) is 11.1 Å². The van der Waals surface area contributed by atoms with E-state index in [0.29, 0.717) is 28.4 Å². The van der Waals surface area contributed by atoms with Gasteiger partial charge in [-0.05, 0) is 109 Å². The van der Waals surface area contributed by atoms with Crippen LogP contribution in [-0.2, 0) is 16.6 Å². The first-order chi connectivity index (χ1) is 27.7. The highest BCUT2D eigenvalue weighted by atomic mass is 35.5. The van der Waals surface area contributed by atoms with Gasteiger partial charge < -0.3 is 10.2 Å². The van der Waals surface area contributed by atoms with Gasteiger partial charge in [-0.2, -0.15) is 13.2 Å². The molecule has 306 valence electrons.